The fourth-order valence-corrected chi connectivity index (χ4v) is 3.94. The number of carbonyl (C=O) groups is 1. The molecule has 0 bridgehead atoms. The normalized spacial score (nSPS) is 14.2. The highest BCUT2D eigenvalue weighted by Gasteiger charge is 2.15. The van der Waals surface area contributed by atoms with Crippen LogP contribution in [-0.2, 0) is 4.74 Å². The van der Waals surface area contributed by atoms with Gasteiger partial charge in [0.1, 0.15) is 0 Å². The first-order valence-corrected chi connectivity index (χ1v) is 9.84. The zero-order chi connectivity index (χ0) is 18.6. The molecule has 5 nitrogen and oxygen atoms in total. The Bertz CT molecular complexity index is 931. The summed E-state index contributed by atoms with van der Waals surface area (Å²) in [5.74, 6) is -0.0934. The van der Waals surface area contributed by atoms with Crippen LogP contribution < -0.4 is 10.2 Å². The Kier molecular flexibility index (Phi) is 5.18. The molecule has 138 valence electrons. The van der Waals surface area contributed by atoms with Crippen molar-refractivity contribution < 1.29 is 9.53 Å². The molecule has 1 saturated heterocycles. The number of anilines is 2. The summed E-state index contributed by atoms with van der Waals surface area (Å²) in [6.07, 6.45) is 0. The molecule has 2 heterocycles. The maximum absolute atomic E-state index is 12.4. The van der Waals surface area contributed by atoms with Crippen molar-refractivity contribution in [3.8, 4) is 11.3 Å². The molecule has 0 saturated carbocycles. The van der Waals surface area contributed by atoms with Crippen LogP contribution in [0.25, 0.3) is 11.3 Å². The molecule has 0 spiro atoms. The number of thiazole rings is 1. The first-order valence-electron chi connectivity index (χ1n) is 8.96. The third-order valence-electron chi connectivity index (χ3n) is 4.60. The minimum atomic E-state index is -0.0934. The number of hydrogen-bond donors (Lipinski definition) is 1. The number of nitrogens with one attached hydrogen (secondary N) is 1. The zero-order valence-electron chi connectivity index (χ0n) is 15.1. The molecule has 0 unspecified atom stereocenters. The number of benzene rings is 2. The van der Waals surface area contributed by atoms with Gasteiger partial charge in [-0.25, -0.2) is 4.98 Å². The molecule has 1 aromatic heterocycles. The van der Waals surface area contributed by atoms with Gasteiger partial charge in [0.05, 0.1) is 18.9 Å². The molecule has 0 atom stereocenters. The number of carbonyl (C=O) groups excluding carboxylic acids is 1. The van der Waals surface area contributed by atoms with E-state index in [1.807, 2.05) is 55.5 Å². The van der Waals surface area contributed by atoms with Crippen molar-refractivity contribution in [3.63, 3.8) is 0 Å². The molecule has 6 heteroatoms. The van der Waals surface area contributed by atoms with Crippen LogP contribution in [0.5, 0.6) is 0 Å². The number of nitrogens with zero attached hydrogens (tertiary/aromatic N) is 2. The molecule has 1 aliphatic rings. The predicted molar refractivity (Wildman–Crippen MR) is 110 cm³/mol. The van der Waals surface area contributed by atoms with Gasteiger partial charge in [0.2, 0.25) is 0 Å². The third-order valence-corrected chi connectivity index (χ3v) is 5.50. The molecule has 2 aromatic carbocycles. The van der Waals surface area contributed by atoms with Crippen LogP contribution in [-0.4, -0.2) is 37.2 Å². The molecule has 0 aliphatic carbocycles. The van der Waals surface area contributed by atoms with Crippen LogP contribution in [0.1, 0.15) is 15.9 Å². The summed E-state index contributed by atoms with van der Waals surface area (Å²) in [6.45, 7) is 5.22. The van der Waals surface area contributed by atoms with Gasteiger partial charge in [0, 0.05) is 35.3 Å². The Morgan fingerprint density at radius 3 is 2.59 bits per heavy atom. The minimum Gasteiger partial charge on any atom is -0.378 e. The Balaban J connectivity index is 1.45. The lowest BCUT2D eigenvalue weighted by atomic mass is 10.1. The minimum absolute atomic E-state index is 0.0934. The summed E-state index contributed by atoms with van der Waals surface area (Å²) in [6, 6.07) is 15.4. The van der Waals surface area contributed by atoms with Gasteiger partial charge in [-0.05, 0) is 30.7 Å². The first-order chi connectivity index (χ1) is 13.2. The fraction of sp³-hybridized carbons (Fsp3) is 0.238. The topological polar surface area (TPSA) is 54.5 Å². The van der Waals surface area contributed by atoms with Crippen LogP contribution in [0.15, 0.2) is 53.9 Å². The zero-order valence-corrected chi connectivity index (χ0v) is 16.0. The number of amides is 1. The maximum Gasteiger partial charge on any atom is 0.255 e. The van der Waals surface area contributed by atoms with Crippen LogP contribution >= 0.6 is 11.3 Å². The van der Waals surface area contributed by atoms with Crippen molar-refractivity contribution in [2.24, 2.45) is 0 Å². The van der Waals surface area contributed by atoms with E-state index in [0.717, 1.165) is 53.9 Å². The summed E-state index contributed by atoms with van der Waals surface area (Å²) in [5.41, 5.74) is 4.43. The molecule has 4 rings (SSSR count). The molecule has 1 aliphatic heterocycles. The van der Waals surface area contributed by atoms with Crippen LogP contribution in [0.3, 0.4) is 0 Å². The number of ether oxygens (including phenoxy) is 1. The van der Waals surface area contributed by atoms with Crippen LogP contribution in [0, 0.1) is 6.92 Å². The van der Waals surface area contributed by atoms with Crippen molar-refractivity contribution >= 4 is 28.1 Å². The second-order valence-corrected chi connectivity index (χ2v) is 7.30. The lowest BCUT2D eigenvalue weighted by molar-refractivity contribution is 0.102. The monoisotopic (exact) mass is 379 g/mol. The molecule has 3 aromatic rings. The number of rotatable bonds is 4. The molecular formula is C21H21N3O2S. The smallest absolute Gasteiger partial charge is 0.255 e. The van der Waals surface area contributed by atoms with Gasteiger partial charge in [-0.1, -0.05) is 30.3 Å². The quantitative estimate of drug-likeness (QED) is 0.738. The van der Waals surface area contributed by atoms with Gasteiger partial charge in [-0.2, -0.15) is 0 Å². The average Bonchev–Trinajstić information content (AvgIpc) is 3.20. The Morgan fingerprint density at radius 1 is 1.11 bits per heavy atom. The number of morpholine rings is 1. The second-order valence-electron chi connectivity index (χ2n) is 6.46. The summed E-state index contributed by atoms with van der Waals surface area (Å²) in [5, 5.41) is 6.06. The summed E-state index contributed by atoms with van der Waals surface area (Å²) in [4.78, 5) is 19.4. The van der Waals surface area contributed by atoms with Crippen LogP contribution in [0.2, 0.25) is 0 Å². The molecule has 0 radical (unpaired) electrons. The molecular weight excluding hydrogens is 358 g/mol. The first kappa shape index (κ1) is 17.7. The summed E-state index contributed by atoms with van der Waals surface area (Å²) in [7, 11) is 0. The third kappa shape index (κ3) is 4.02. The SMILES string of the molecule is Cc1ccccc1C(=O)Nc1ccc(-c2csc(N3CCOCC3)n2)cc1. The van der Waals surface area contributed by atoms with Crippen molar-refractivity contribution in [2.75, 3.05) is 36.5 Å². The Labute approximate surface area is 162 Å². The van der Waals surface area contributed by atoms with E-state index in [1.54, 1.807) is 11.3 Å². The van der Waals surface area contributed by atoms with E-state index in [9.17, 15) is 4.79 Å². The Hall–Kier alpha value is -2.70. The lowest BCUT2D eigenvalue weighted by Crippen LogP contribution is -2.36. The van der Waals surface area contributed by atoms with Gasteiger partial charge >= 0.3 is 0 Å². The fourth-order valence-electron chi connectivity index (χ4n) is 3.05. The molecule has 1 amide bonds. The van der Waals surface area contributed by atoms with Crippen molar-refractivity contribution in [2.45, 2.75) is 6.92 Å². The Morgan fingerprint density at radius 2 is 1.85 bits per heavy atom. The van der Waals surface area contributed by atoms with E-state index in [2.05, 4.69) is 15.6 Å². The van der Waals surface area contributed by atoms with Gasteiger partial charge < -0.3 is 15.0 Å². The summed E-state index contributed by atoms with van der Waals surface area (Å²) >= 11 is 1.65. The van der Waals surface area contributed by atoms with Crippen molar-refractivity contribution in [1.82, 2.24) is 4.98 Å². The maximum atomic E-state index is 12.4. The highest BCUT2D eigenvalue weighted by molar-refractivity contribution is 7.14. The number of aromatic nitrogens is 1. The van der Waals surface area contributed by atoms with Crippen molar-refractivity contribution in [1.29, 1.82) is 0 Å². The van der Waals surface area contributed by atoms with Gasteiger partial charge in [0.15, 0.2) is 5.13 Å². The van der Waals surface area contributed by atoms with Crippen molar-refractivity contribution in [3.05, 3.63) is 65.0 Å². The van der Waals surface area contributed by atoms with E-state index in [1.165, 1.54) is 0 Å². The second kappa shape index (κ2) is 7.90. The lowest BCUT2D eigenvalue weighted by Gasteiger charge is -2.26. The summed E-state index contributed by atoms with van der Waals surface area (Å²) < 4.78 is 5.40. The van der Waals surface area contributed by atoms with E-state index in [-0.39, 0.29) is 5.91 Å². The van der Waals surface area contributed by atoms with Crippen LogP contribution in [0.4, 0.5) is 10.8 Å². The van der Waals surface area contributed by atoms with E-state index < -0.39 is 0 Å². The average molecular weight is 379 g/mol. The molecule has 1 N–H and O–H groups in total. The van der Waals surface area contributed by atoms with E-state index in [0.29, 0.717) is 5.56 Å². The van der Waals surface area contributed by atoms with E-state index in [4.69, 9.17) is 9.72 Å². The highest BCUT2D eigenvalue weighted by Crippen LogP contribution is 2.28. The molecule has 27 heavy (non-hydrogen) atoms. The van der Waals surface area contributed by atoms with E-state index >= 15 is 0 Å². The van der Waals surface area contributed by atoms with Gasteiger partial charge in [-0.15, -0.1) is 11.3 Å². The van der Waals surface area contributed by atoms with Gasteiger partial charge in [0.25, 0.3) is 5.91 Å². The largest absolute Gasteiger partial charge is 0.378 e. The number of aryl methyl sites for hydroxylation is 1. The molecule has 1 fully saturated rings. The van der Waals surface area contributed by atoms with Gasteiger partial charge in [-0.3, -0.25) is 4.79 Å². The highest BCUT2D eigenvalue weighted by atomic mass is 32.1. The predicted octanol–water partition coefficient (Wildman–Crippen LogP) is 4.21. The number of hydrogen-bond acceptors (Lipinski definition) is 5. The standard InChI is InChI=1S/C21H21N3O2S/c1-15-4-2-3-5-18(15)20(25)22-17-8-6-16(7-9-17)19-14-27-21(23-19)24-10-12-26-13-11-24/h2-9,14H,10-13H2,1H3,(H,22,25).